The topological polar surface area (TPSA) is 54.7 Å². The number of aromatic nitrogens is 2. The number of nitrogens with one attached hydrogen (secondary N) is 1. The number of aryl methyl sites for hydroxylation is 2. The van der Waals surface area contributed by atoms with Gasteiger partial charge in [0.1, 0.15) is 0 Å². The second-order valence-corrected chi connectivity index (χ2v) is 7.08. The Bertz CT molecular complexity index is 601. The second kappa shape index (κ2) is 7.13. The zero-order chi connectivity index (χ0) is 17.2. The first-order valence-electron chi connectivity index (χ1n) is 9.19. The van der Waals surface area contributed by atoms with Gasteiger partial charge in [0.05, 0.1) is 12.3 Å². The van der Waals surface area contributed by atoms with Crippen LogP contribution >= 0.6 is 0 Å². The molecule has 1 aromatic rings. The van der Waals surface area contributed by atoms with Crippen molar-refractivity contribution in [1.82, 2.24) is 20.0 Å². The van der Waals surface area contributed by atoms with Gasteiger partial charge in [0.15, 0.2) is 5.96 Å². The molecule has 1 atom stereocenters. The molecule has 2 aliphatic rings. The van der Waals surface area contributed by atoms with E-state index in [0.717, 1.165) is 51.6 Å². The van der Waals surface area contributed by atoms with Crippen molar-refractivity contribution in [3.8, 4) is 0 Å². The lowest BCUT2D eigenvalue weighted by atomic mass is 9.87. The third kappa shape index (κ3) is 3.16. The molecule has 134 valence electrons. The number of guanidine groups is 1. The minimum absolute atomic E-state index is 0.356. The molecule has 0 aromatic carbocycles. The fourth-order valence-corrected chi connectivity index (χ4v) is 4.18. The van der Waals surface area contributed by atoms with Gasteiger partial charge in [-0.15, -0.1) is 0 Å². The molecule has 6 heteroatoms. The first-order chi connectivity index (χ1) is 11.6. The Morgan fingerprint density at radius 3 is 2.79 bits per heavy atom. The van der Waals surface area contributed by atoms with E-state index in [2.05, 4.69) is 34.2 Å². The molecular weight excluding hydrogens is 302 g/mol. The fraction of sp³-hybridized carbons (Fsp3) is 0.778. The van der Waals surface area contributed by atoms with Gasteiger partial charge in [0.25, 0.3) is 0 Å². The van der Waals surface area contributed by atoms with E-state index in [-0.39, 0.29) is 0 Å². The predicted molar refractivity (Wildman–Crippen MR) is 96.2 cm³/mol. The number of hydrogen-bond donors (Lipinski definition) is 1. The largest absolute Gasteiger partial charge is 0.381 e. The van der Waals surface area contributed by atoms with Crippen LogP contribution in [0.1, 0.15) is 43.6 Å². The molecule has 0 amide bonds. The lowest BCUT2D eigenvalue weighted by molar-refractivity contribution is 0.156. The van der Waals surface area contributed by atoms with Crippen molar-refractivity contribution in [3.63, 3.8) is 0 Å². The molecule has 1 spiro atoms. The molecule has 1 unspecified atom stereocenters. The van der Waals surface area contributed by atoms with Gasteiger partial charge in [0, 0.05) is 57.0 Å². The van der Waals surface area contributed by atoms with Gasteiger partial charge in [-0.1, -0.05) is 13.8 Å². The third-order valence-electron chi connectivity index (χ3n) is 5.59. The average Bonchev–Trinajstić information content (AvgIpc) is 3.29. The van der Waals surface area contributed by atoms with E-state index in [9.17, 15) is 0 Å². The Hall–Kier alpha value is -1.56. The second-order valence-electron chi connectivity index (χ2n) is 7.08. The van der Waals surface area contributed by atoms with Crippen LogP contribution in [-0.2, 0) is 31.2 Å². The maximum Gasteiger partial charge on any atom is 0.193 e. The summed E-state index contributed by atoms with van der Waals surface area (Å²) >= 11 is 0. The molecule has 0 bridgehead atoms. The van der Waals surface area contributed by atoms with E-state index in [1.165, 1.54) is 29.8 Å². The van der Waals surface area contributed by atoms with Gasteiger partial charge < -0.3 is 15.0 Å². The van der Waals surface area contributed by atoms with E-state index in [1.54, 1.807) is 0 Å². The monoisotopic (exact) mass is 333 g/mol. The van der Waals surface area contributed by atoms with Crippen molar-refractivity contribution in [3.05, 3.63) is 17.0 Å². The summed E-state index contributed by atoms with van der Waals surface area (Å²) in [7, 11) is 3.92. The SMILES string of the molecule is CCc1nn(C)c(CC)c1CNC(=NC)N1CCC2(CCOC2)C1. The van der Waals surface area contributed by atoms with Crippen LogP contribution in [0.5, 0.6) is 0 Å². The highest BCUT2D eigenvalue weighted by Crippen LogP contribution is 2.38. The summed E-state index contributed by atoms with van der Waals surface area (Å²) in [5.41, 5.74) is 4.20. The van der Waals surface area contributed by atoms with Gasteiger partial charge in [-0.25, -0.2) is 0 Å². The summed E-state index contributed by atoms with van der Waals surface area (Å²) in [6.07, 6.45) is 4.36. The molecule has 0 aliphatic carbocycles. The summed E-state index contributed by atoms with van der Waals surface area (Å²) in [6, 6.07) is 0. The molecule has 2 saturated heterocycles. The smallest absolute Gasteiger partial charge is 0.193 e. The molecule has 3 rings (SSSR count). The minimum Gasteiger partial charge on any atom is -0.381 e. The van der Waals surface area contributed by atoms with Crippen LogP contribution in [-0.4, -0.2) is 54.0 Å². The van der Waals surface area contributed by atoms with Crippen LogP contribution in [0.3, 0.4) is 0 Å². The molecule has 0 radical (unpaired) electrons. The van der Waals surface area contributed by atoms with Crippen molar-refractivity contribution in [1.29, 1.82) is 0 Å². The molecule has 1 N–H and O–H groups in total. The van der Waals surface area contributed by atoms with Crippen LogP contribution < -0.4 is 5.32 Å². The van der Waals surface area contributed by atoms with E-state index in [4.69, 9.17) is 4.74 Å². The van der Waals surface area contributed by atoms with Crippen LogP contribution in [0, 0.1) is 5.41 Å². The van der Waals surface area contributed by atoms with Crippen LogP contribution in [0.2, 0.25) is 0 Å². The highest BCUT2D eigenvalue weighted by atomic mass is 16.5. The summed E-state index contributed by atoms with van der Waals surface area (Å²) in [5, 5.41) is 8.24. The number of likely N-dealkylation sites (tertiary alicyclic amines) is 1. The van der Waals surface area contributed by atoms with E-state index >= 15 is 0 Å². The highest BCUT2D eigenvalue weighted by Gasteiger charge is 2.42. The minimum atomic E-state index is 0.356. The summed E-state index contributed by atoms with van der Waals surface area (Å²) in [5.74, 6) is 1.01. The fourth-order valence-electron chi connectivity index (χ4n) is 4.18. The number of nitrogens with zero attached hydrogens (tertiary/aromatic N) is 4. The van der Waals surface area contributed by atoms with Gasteiger partial charge in [-0.05, 0) is 25.7 Å². The van der Waals surface area contributed by atoms with Crippen LogP contribution in [0.15, 0.2) is 4.99 Å². The Labute approximate surface area is 145 Å². The molecule has 2 aliphatic heterocycles. The van der Waals surface area contributed by atoms with Crippen molar-refractivity contribution in [2.45, 2.75) is 46.1 Å². The lowest BCUT2D eigenvalue weighted by Crippen LogP contribution is -2.41. The number of rotatable bonds is 4. The van der Waals surface area contributed by atoms with Crippen molar-refractivity contribution in [2.75, 3.05) is 33.4 Å². The number of aliphatic imine (C=N–C) groups is 1. The first kappa shape index (κ1) is 17.3. The van der Waals surface area contributed by atoms with Gasteiger partial charge in [-0.3, -0.25) is 9.67 Å². The summed E-state index contributed by atoms with van der Waals surface area (Å²) in [4.78, 5) is 6.91. The van der Waals surface area contributed by atoms with Crippen LogP contribution in [0.25, 0.3) is 0 Å². The normalized spacial score (nSPS) is 24.3. The van der Waals surface area contributed by atoms with E-state index < -0.39 is 0 Å². The van der Waals surface area contributed by atoms with Crippen molar-refractivity contribution in [2.24, 2.45) is 17.5 Å². The highest BCUT2D eigenvalue weighted by molar-refractivity contribution is 5.80. The maximum atomic E-state index is 5.64. The van der Waals surface area contributed by atoms with Gasteiger partial charge in [-0.2, -0.15) is 5.10 Å². The average molecular weight is 333 g/mol. The van der Waals surface area contributed by atoms with Crippen molar-refractivity contribution >= 4 is 5.96 Å². The van der Waals surface area contributed by atoms with Gasteiger partial charge >= 0.3 is 0 Å². The zero-order valence-corrected chi connectivity index (χ0v) is 15.6. The maximum absolute atomic E-state index is 5.64. The molecule has 3 heterocycles. The van der Waals surface area contributed by atoms with Gasteiger partial charge in [0.2, 0.25) is 0 Å². The Morgan fingerprint density at radius 1 is 1.33 bits per heavy atom. The van der Waals surface area contributed by atoms with E-state index in [0.29, 0.717) is 5.41 Å². The predicted octanol–water partition coefficient (Wildman–Crippen LogP) is 1.73. The molecule has 0 saturated carbocycles. The molecule has 2 fully saturated rings. The zero-order valence-electron chi connectivity index (χ0n) is 15.6. The number of ether oxygens (including phenoxy) is 1. The summed E-state index contributed by atoms with van der Waals surface area (Å²) in [6.45, 7) is 9.10. The third-order valence-corrected chi connectivity index (χ3v) is 5.59. The Balaban J connectivity index is 1.67. The molecular formula is C18H31N5O. The molecule has 6 nitrogen and oxygen atoms in total. The van der Waals surface area contributed by atoms with Crippen molar-refractivity contribution < 1.29 is 4.74 Å². The quantitative estimate of drug-likeness (QED) is 0.673. The molecule has 1 aromatic heterocycles. The Morgan fingerprint density at radius 2 is 2.17 bits per heavy atom. The lowest BCUT2D eigenvalue weighted by Gasteiger charge is -2.25. The summed E-state index contributed by atoms with van der Waals surface area (Å²) < 4.78 is 7.67. The van der Waals surface area contributed by atoms with Crippen LogP contribution in [0.4, 0.5) is 0 Å². The standard InChI is InChI=1S/C18H31N5O/c1-5-15-14(16(6-2)22(4)21-15)11-20-17(19-3)23-9-7-18(12-23)8-10-24-13-18/h5-13H2,1-4H3,(H,19,20). The molecule has 24 heavy (non-hydrogen) atoms. The number of hydrogen-bond acceptors (Lipinski definition) is 3. The van der Waals surface area contributed by atoms with E-state index in [1.807, 2.05) is 18.8 Å². The Kier molecular flexibility index (Phi) is 5.13. The first-order valence-corrected chi connectivity index (χ1v) is 9.19.